The molecule has 0 heterocycles. The van der Waals surface area contributed by atoms with E-state index in [-0.39, 0.29) is 5.82 Å². The number of ether oxygens (including phenoxy) is 3. The second-order valence-electron chi connectivity index (χ2n) is 4.26. The molecule has 0 radical (unpaired) electrons. The quantitative estimate of drug-likeness (QED) is 0.754. The zero-order valence-corrected chi connectivity index (χ0v) is 11.6. The molecule has 0 amide bonds. The van der Waals surface area contributed by atoms with Crippen molar-refractivity contribution >= 4 is 0 Å². The molecule has 0 saturated heterocycles. The monoisotopic (exact) mass is 276 g/mol. The summed E-state index contributed by atoms with van der Waals surface area (Å²) in [6, 6.07) is 12.2. The summed E-state index contributed by atoms with van der Waals surface area (Å²) >= 11 is 0. The standard InChI is InChI=1S/C16H17FO3/c1-12-7-8-13(11-14(12)17)19-9-10-20-16-6-4-3-5-15(16)18-2/h3-8,11H,9-10H2,1-2H3. The summed E-state index contributed by atoms with van der Waals surface area (Å²) in [6.07, 6.45) is 0. The Morgan fingerprint density at radius 2 is 1.65 bits per heavy atom. The Kier molecular flexibility index (Phi) is 4.82. The van der Waals surface area contributed by atoms with Crippen LogP contribution in [-0.2, 0) is 0 Å². The molecular weight excluding hydrogens is 259 g/mol. The third-order valence-electron chi connectivity index (χ3n) is 2.82. The fourth-order valence-corrected chi connectivity index (χ4v) is 1.71. The molecule has 106 valence electrons. The third kappa shape index (κ3) is 3.63. The summed E-state index contributed by atoms with van der Waals surface area (Å²) in [5, 5.41) is 0. The van der Waals surface area contributed by atoms with Crippen LogP contribution >= 0.6 is 0 Å². The molecule has 0 spiro atoms. The summed E-state index contributed by atoms with van der Waals surface area (Å²) in [5.74, 6) is 1.56. The van der Waals surface area contributed by atoms with Crippen LogP contribution in [0, 0.1) is 12.7 Å². The van der Waals surface area contributed by atoms with E-state index in [1.54, 1.807) is 26.2 Å². The lowest BCUT2D eigenvalue weighted by Gasteiger charge is -2.11. The van der Waals surface area contributed by atoms with Gasteiger partial charge in [0.1, 0.15) is 24.8 Å². The fraction of sp³-hybridized carbons (Fsp3) is 0.250. The Bertz CT molecular complexity index is 569. The average Bonchev–Trinajstić information content (AvgIpc) is 2.47. The summed E-state index contributed by atoms with van der Waals surface area (Å²) in [4.78, 5) is 0. The van der Waals surface area contributed by atoms with Gasteiger partial charge in [-0.1, -0.05) is 18.2 Å². The molecular formula is C16H17FO3. The first-order chi connectivity index (χ1) is 9.70. The molecule has 0 N–H and O–H groups in total. The largest absolute Gasteiger partial charge is 0.493 e. The molecule has 4 heteroatoms. The molecule has 2 rings (SSSR count). The van der Waals surface area contributed by atoms with Crippen LogP contribution in [-0.4, -0.2) is 20.3 Å². The Morgan fingerprint density at radius 3 is 2.35 bits per heavy atom. The molecule has 0 fully saturated rings. The van der Waals surface area contributed by atoms with Crippen molar-refractivity contribution in [3.63, 3.8) is 0 Å². The zero-order chi connectivity index (χ0) is 14.4. The van der Waals surface area contributed by atoms with Gasteiger partial charge < -0.3 is 14.2 Å². The van der Waals surface area contributed by atoms with Crippen molar-refractivity contribution in [2.45, 2.75) is 6.92 Å². The summed E-state index contributed by atoms with van der Waals surface area (Å²) < 4.78 is 29.5. The van der Waals surface area contributed by atoms with E-state index < -0.39 is 0 Å². The molecule has 0 aliphatic heterocycles. The highest BCUT2D eigenvalue weighted by molar-refractivity contribution is 5.39. The van der Waals surface area contributed by atoms with Gasteiger partial charge in [0, 0.05) is 6.07 Å². The van der Waals surface area contributed by atoms with Gasteiger partial charge in [-0.3, -0.25) is 0 Å². The average molecular weight is 276 g/mol. The molecule has 0 bridgehead atoms. The van der Waals surface area contributed by atoms with Gasteiger partial charge in [0.15, 0.2) is 11.5 Å². The van der Waals surface area contributed by atoms with Crippen LogP contribution < -0.4 is 14.2 Å². The Hall–Kier alpha value is -2.23. The Morgan fingerprint density at radius 1 is 0.950 bits per heavy atom. The van der Waals surface area contributed by atoms with Gasteiger partial charge in [0.25, 0.3) is 0 Å². The van der Waals surface area contributed by atoms with Crippen molar-refractivity contribution in [2.75, 3.05) is 20.3 Å². The van der Waals surface area contributed by atoms with Crippen LogP contribution in [0.25, 0.3) is 0 Å². The Labute approximate surface area is 117 Å². The predicted octanol–water partition coefficient (Wildman–Crippen LogP) is 3.60. The number of benzene rings is 2. The van der Waals surface area contributed by atoms with Crippen LogP contribution in [0.4, 0.5) is 4.39 Å². The van der Waals surface area contributed by atoms with Crippen LogP contribution in [0.2, 0.25) is 0 Å². The minimum Gasteiger partial charge on any atom is -0.493 e. The van der Waals surface area contributed by atoms with Crippen LogP contribution in [0.15, 0.2) is 42.5 Å². The number of methoxy groups -OCH3 is 1. The minimum absolute atomic E-state index is 0.270. The molecule has 20 heavy (non-hydrogen) atoms. The molecule has 2 aromatic rings. The first-order valence-electron chi connectivity index (χ1n) is 6.35. The molecule has 0 aliphatic rings. The van der Waals surface area contributed by atoms with E-state index in [4.69, 9.17) is 14.2 Å². The third-order valence-corrected chi connectivity index (χ3v) is 2.82. The van der Waals surface area contributed by atoms with Crippen LogP contribution in [0.5, 0.6) is 17.2 Å². The Balaban J connectivity index is 1.83. The van der Waals surface area contributed by atoms with E-state index in [9.17, 15) is 4.39 Å². The number of aryl methyl sites for hydroxylation is 1. The molecule has 3 nitrogen and oxygen atoms in total. The lowest BCUT2D eigenvalue weighted by molar-refractivity contribution is 0.211. The fourth-order valence-electron chi connectivity index (χ4n) is 1.71. The van der Waals surface area contributed by atoms with Crippen molar-refractivity contribution in [3.05, 3.63) is 53.8 Å². The number of hydrogen-bond donors (Lipinski definition) is 0. The van der Waals surface area contributed by atoms with Gasteiger partial charge in [0.05, 0.1) is 7.11 Å². The zero-order valence-electron chi connectivity index (χ0n) is 11.6. The molecule has 2 aromatic carbocycles. The van der Waals surface area contributed by atoms with Gasteiger partial charge in [-0.15, -0.1) is 0 Å². The van der Waals surface area contributed by atoms with Gasteiger partial charge in [0.2, 0.25) is 0 Å². The number of halogens is 1. The van der Waals surface area contributed by atoms with E-state index in [1.165, 1.54) is 6.07 Å². The lowest BCUT2D eigenvalue weighted by atomic mass is 10.2. The smallest absolute Gasteiger partial charge is 0.161 e. The predicted molar refractivity (Wildman–Crippen MR) is 75.1 cm³/mol. The second kappa shape index (κ2) is 6.80. The molecule has 0 aromatic heterocycles. The normalized spacial score (nSPS) is 10.2. The molecule has 0 aliphatic carbocycles. The van der Waals surface area contributed by atoms with Crippen molar-refractivity contribution < 1.29 is 18.6 Å². The van der Waals surface area contributed by atoms with Crippen LogP contribution in [0.1, 0.15) is 5.56 Å². The first kappa shape index (κ1) is 14.2. The van der Waals surface area contributed by atoms with E-state index in [2.05, 4.69) is 0 Å². The number of rotatable bonds is 6. The summed E-state index contributed by atoms with van der Waals surface area (Å²) in [5.41, 5.74) is 0.600. The summed E-state index contributed by atoms with van der Waals surface area (Å²) in [6.45, 7) is 2.40. The van der Waals surface area contributed by atoms with E-state index in [1.807, 2.05) is 24.3 Å². The van der Waals surface area contributed by atoms with Gasteiger partial charge in [-0.05, 0) is 30.7 Å². The highest BCUT2D eigenvalue weighted by Crippen LogP contribution is 2.25. The van der Waals surface area contributed by atoms with E-state index in [0.29, 0.717) is 36.0 Å². The molecule has 0 saturated carbocycles. The highest BCUT2D eigenvalue weighted by Gasteiger charge is 2.03. The van der Waals surface area contributed by atoms with Gasteiger partial charge in [-0.2, -0.15) is 0 Å². The van der Waals surface area contributed by atoms with Gasteiger partial charge >= 0.3 is 0 Å². The maximum Gasteiger partial charge on any atom is 0.161 e. The SMILES string of the molecule is COc1ccccc1OCCOc1ccc(C)c(F)c1. The topological polar surface area (TPSA) is 27.7 Å². The van der Waals surface area contributed by atoms with Crippen molar-refractivity contribution in [1.82, 2.24) is 0 Å². The lowest BCUT2D eigenvalue weighted by Crippen LogP contribution is -2.09. The van der Waals surface area contributed by atoms with E-state index in [0.717, 1.165) is 0 Å². The molecule has 0 atom stereocenters. The maximum absolute atomic E-state index is 13.3. The highest BCUT2D eigenvalue weighted by atomic mass is 19.1. The maximum atomic E-state index is 13.3. The molecule has 0 unspecified atom stereocenters. The van der Waals surface area contributed by atoms with Crippen molar-refractivity contribution in [1.29, 1.82) is 0 Å². The van der Waals surface area contributed by atoms with Crippen molar-refractivity contribution in [3.8, 4) is 17.2 Å². The second-order valence-corrected chi connectivity index (χ2v) is 4.26. The van der Waals surface area contributed by atoms with Gasteiger partial charge in [-0.25, -0.2) is 4.39 Å². The number of hydrogen-bond acceptors (Lipinski definition) is 3. The minimum atomic E-state index is -0.270. The van der Waals surface area contributed by atoms with Crippen molar-refractivity contribution in [2.24, 2.45) is 0 Å². The summed E-state index contributed by atoms with van der Waals surface area (Å²) in [7, 11) is 1.59. The first-order valence-corrected chi connectivity index (χ1v) is 6.35. The van der Waals surface area contributed by atoms with Crippen LogP contribution in [0.3, 0.4) is 0 Å². The number of para-hydroxylation sites is 2. The van der Waals surface area contributed by atoms with E-state index >= 15 is 0 Å².